The molecule has 1 amide bonds. The number of aromatic nitrogens is 3. The van der Waals surface area contributed by atoms with E-state index in [1.807, 2.05) is 24.4 Å². The molecule has 4 aromatic rings. The van der Waals surface area contributed by atoms with Crippen LogP contribution in [0, 0.1) is 0 Å². The lowest BCUT2D eigenvalue weighted by molar-refractivity contribution is 0.0962. The molecular formula is C23H25N5O3. The normalized spacial score (nSPS) is 11.2. The van der Waals surface area contributed by atoms with E-state index in [0.717, 1.165) is 28.5 Å². The van der Waals surface area contributed by atoms with Crippen LogP contribution < -0.4 is 16.7 Å². The Kier molecular flexibility index (Phi) is 5.64. The number of nitrogens with one attached hydrogen (secondary N) is 3. The second-order valence-electron chi connectivity index (χ2n) is 7.46. The van der Waals surface area contributed by atoms with E-state index in [4.69, 9.17) is 5.73 Å². The van der Waals surface area contributed by atoms with Gasteiger partial charge in [0.15, 0.2) is 0 Å². The topological polar surface area (TPSA) is 129 Å². The molecule has 31 heavy (non-hydrogen) atoms. The van der Waals surface area contributed by atoms with Gasteiger partial charge in [-0.25, -0.2) is 4.79 Å². The highest BCUT2D eigenvalue weighted by Gasteiger charge is 2.17. The summed E-state index contributed by atoms with van der Waals surface area (Å²) in [6, 6.07) is 13.0. The zero-order valence-electron chi connectivity index (χ0n) is 17.2. The highest BCUT2D eigenvalue weighted by atomic mass is 16.3. The summed E-state index contributed by atoms with van der Waals surface area (Å²) in [5, 5.41) is 14.4. The van der Waals surface area contributed by atoms with Gasteiger partial charge >= 0.3 is 5.69 Å². The lowest BCUT2D eigenvalue weighted by Crippen LogP contribution is -2.22. The van der Waals surface area contributed by atoms with E-state index in [1.165, 1.54) is 4.57 Å². The molecule has 8 heteroatoms. The second-order valence-corrected chi connectivity index (χ2v) is 7.46. The monoisotopic (exact) mass is 419 g/mol. The maximum absolute atomic E-state index is 12.5. The number of fused-ring (bicyclic) bond motifs is 1. The molecule has 0 atom stereocenters. The number of rotatable bonds is 7. The number of H-pyrrole nitrogens is 2. The summed E-state index contributed by atoms with van der Waals surface area (Å²) >= 11 is 0. The predicted octanol–water partition coefficient (Wildman–Crippen LogP) is 1.86. The Labute approximate surface area is 178 Å². The van der Waals surface area contributed by atoms with Gasteiger partial charge in [0.1, 0.15) is 0 Å². The molecular weight excluding hydrogens is 394 g/mol. The number of carbonyl (C=O) groups excluding carboxylic acids is 1. The van der Waals surface area contributed by atoms with Crippen molar-refractivity contribution in [1.82, 2.24) is 19.9 Å². The Balaban J connectivity index is 1.64. The third kappa shape index (κ3) is 3.97. The van der Waals surface area contributed by atoms with Gasteiger partial charge < -0.3 is 26.1 Å². The molecule has 4 rings (SSSR count). The number of hydrogen-bond acceptors (Lipinski definition) is 4. The van der Waals surface area contributed by atoms with E-state index >= 15 is 0 Å². The first kappa shape index (κ1) is 20.5. The van der Waals surface area contributed by atoms with Gasteiger partial charge in [-0.2, -0.15) is 0 Å². The molecule has 0 radical (unpaired) electrons. The van der Waals surface area contributed by atoms with Crippen LogP contribution in [0.1, 0.15) is 32.7 Å². The van der Waals surface area contributed by atoms with Gasteiger partial charge in [0.25, 0.3) is 5.91 Å². The molecule has 2 heterocycles. The fraction of sp³-hybridized carbons (Fsp3) is 0.217. The number of hydrogen-bond donors (Lipinski definition) is 5. The Morgan fingerprint density at radius 1 is 1.19 bits per heavy atom. The van der Waals surface area contributed by atoms with Crippen molar-refractivity contribution in [2.75, 3.05) is 13.6 Å². The summed E-state index contributed by atoms with van der Waals surface area (Å²) in [4.78, 5) is 30.7. The largest absolute Gasteiger partial charge is 0.493 e. The number of aromatic amines is 2. The second kappa shape index (κ2) is 8.53. The molecule has 0 aliphatic heterocycles. The standard InChI is InChI=1S/C23H25N5O3/c1-25-21(29)17-5-3-2-4-16(17)13-28-22(30)20(27-23(28)31)11-14-6-7-19-18(10-14)15(8-9-24)12-26-19/h2-7,10,12,26,30H,8-9,11,13,24H2,1H3,(H,25,29)(H,27,31). The fourth-order valence-electron chi connectivity index (χ4n) is 3.87. The van der Waals surface area contributed by atoms with Gasteiger partial charge in [-0.1, -0.05) is 24.3 Å². The average molecular weight is 419 g/mol. The smallest absolute Gasteiger partial charge is 0.328 e. The van der Waals surface area contributed by atoms with E-state index in [2.05, 4.69) is 15.3 Å². The molecule has 0 bridgehead atoms. The van der Waals surface area contributed by atoms with Gasteiger partial charge in [-0.05, 0) is 47.9 Å². The summed E-state index contributed by atoms with van der Waals surface area (Å²) in [7, 11) is 1.55. The van der Waals surface area contributed by atoms with Crippen molar-refractivity contribution in [3.05, 3.63) is 87.1 Å². The van der Waals surface area contributed by atoms with Crippen molar-refractivity contribution >= 4 is 16.8 Å². The molecule has 2 aromatic heterocycles. The molecule has 0 spiro atoms. The summed E-state index contributed by atoms with van der Waals surface area (Å²) in [5.41, 5.74) is 9.93. The maximum Gasteiger partial charge on any atom is 0.328 e. The minimum atomic E-state index is -0.425. The minimum Gasteiger partial charge on any atom is -0.493 e. The first-order chi connectivity index (χ1) is 15.0. The summed E-state index contributed by atoms with van der Waals surface area (Å²) in [6.07, 6.45) is 3.10. The average Bonchev–Trinajstić information content (AvgIpc) is 3.29. The molecule has 0 saturated carbocycles. The van der Waals surface area contributed by atoms with Gasteiger partial charge in [-0.3, -0.25) is 9.36 Å². The van der Waals surface area contributed by atoms with Crippen LogP contribution in [0.25, 0.3) is 10.9 Å². The lowest BCUT2D eigenvalue weighted by Gasteiger charge is -2.09. The minimum absolute atomic E-state index is 0.0856. The first-order valence-corrected chi connectivity index (χ1v) is 10.1. The number of nitrogens with zero attached hydrogens (tertiary/aromatic N) is 1. The van der Waals surface area contributed by atoms with Crippen molar-refractivity contribution in [2.24, 2.45) is 5.73 Å². The quantitative estimate of drug-likeness (QED) is 0.313. The number of benzene rings is 2. The lowest BCUT2D eigenvalue weighted by atomic mass is 10.0. The maximum atomic E-state index is 12.5. The Morgan fingerprint density at radius 2 is 2.00 bits per heavy atom. The Morgan fingerprint density at radius 3 is 2.77 bits per heavy atom. The Bertz CT molecular complexity index is 1300. The van der Waals surface area contributed by atoms with Crippen molar-refractivity contribution in [3.8, 4) is 5.88 Å². The van der Waals surface area contributed by atoms with E-state index in [0.29, 0.717) is 29.8 Å². The van der Waals surface area contributed by atoms with E-state index < -0.39 is 5.69 Å². The van der Waals surface area contributed by atoms with Crippen molar-refractivity contribution in [1.29, 1.82) is 0 Å². The fourth-order valence-corrected chi connectivity index (χ4v) is 3.87. The predicted molar refractivity (Wildman–Crippen MR) is 120 cm³/mol. The molecule has 0 unspecified atom stereocenters. The highest BCUT2D eigenvalue weighted by Crippen LogP contribution is 2.24. The van der Waals surface area contributed by atoms with Crippen LogP contribution in [-0.4, -0.2) is 39.1 Å². The summed E-state index contributed by atoms with van der Waals surface area (Å²) in [6.45, 7) is 0.647. The first-order valence-electron chi connectivity index (χ1n) is 10.1. The van der Waals surface area contributed by atoms with Crippen molar-refractivity contribution in [3.63, 3.8) is 0 Å². The van der Waals surface area contributed by atoms with Crippen LogP contribution in [0.15, 0.2) is 53.5 Å². The van der Waals surface area contributed by atoms with Crippen LogP contribution >= 0.6 is 0 Å². The van der Waals surface area contributed by atoms with E-state index in [-0.39, 0.29) is 18.3 Å². The molecule has 0 aliphatic rings. The molecule has 2 aromatic carbocycles. The molecule has 0 aliphatic carbocycles. The van der Waals surface area contributed by atoms with E-state index in [9.17, 15) is 14.7 Å². The van der Waals surface area contributed by atoms with Gasteiger partial charge in [0.2, 0.25) is 5.88 Å². The molecule has 8 nitrogen and oxygen atoms in total. The van der Waals surface area contributed by atoms with Crippen LogP contribution in [0.2, 0.25) is 0 Å². The van der Waals surface area contributed by atoms with Gasteiger partial charge in [-0.15, -0.1) is 0 Å². The van der Waals surface area contributed by atoms with Crippen LogP contribution in [0.5, 0.6) is 5.88 Å². The summed E-state index contributed by atoms with van der Waals surface area (Å²) < 4.78 is 1.24. The van der Waals surface area contributed by atoms with E-state index in [1.54, 1.807) is 31.3 Å². The van der Waals surface area contributed by atoms with Crippen LogP contribution in [0.3, 0.4) is 0 Å². The SMILES string of the molecule is CNC(=O)c1ccccc1Cn1c(O)c(Cc2ccc3[nH]cc(CCN)c3c2)[nH]c1=O. The third-order valence-corrected chi connectivity index (χ3v) is 5.47. The van der Waals surface area contributed by atoms with Crippen LogP contribution in [-0.2, 0) is 19.4 Å². The Hall–Kier alpha value is -3.78. The third-order valence-electron chi connectivity index (χ3n) is 5.47. The number of aromatic hydroxyl groups is 1. The zero-order valence-corrected chi connectivity index (χ0v) is 17.2. The number of carbonyl (C=O) groups is 1. The van der Waals surface area contributed by atoms with Gasteiger partial charge in [0.05, 0.1) is 12.2 Å². The molecule has 160 valence electrons. The summed E-state index contributed by atoms with van der Waals surface area (Å²) in [5.74, 6) is -0.375. The van der Waals surface area contributed by atoms with Crippen LogP contribution in [0.4, 0.5) is 0 Å². The molecule has 0 saturated heterocycles. The van der Waals surface area contributed by atoms with Crippen molar-refractivity contribution in [2.45, 2.75) is 19.4 Å². The molecule has 6 N–H and O–H groups in total. The number of amides is 1. The zero-order chi connectivity index (χ0) is 22.0. The van der Waals surface area contributed by atoms with Gasteiger partial charge in [0, 0.05) is 36.1 Å². The number of imidazole rings is 1. The number of nitrogens with two attached hydrogens (primary N) is 1. The highest BCUT2D eigenvalue weighted by molar-refractivity contribution is 5.95. The molecule has 0 fully saturated rings. The van der Waals surface area contributed by atoms with Crippen molar-refractivity contribution < 1.29 is 9.90 Å².